The van der Waals surface area contributed by atoms with Crippen LogP contribution in [0.25, 0.3) is 0 Å². The molecule has 0 amide bonds. The fraction of sp³-hybridized carbons (Fsp3) is 0.929. The van der Waals surface area contributed by atoms with Crippen molar-refractivity contribution in [2.24, 2.45) is 4.99 Å². The van der Waals surface area contributed by atoms with E-state index in [2.05, 4.69) is 20.5 Å². The van der Waals surface area contributed by atoms with E-state index in [1.54, 1.807) is 0 Å². The molecule has 2 N–H and O–H groups in total. The van der Waals surface area contributed by atoms with E-state index in [1.165, 1.54) is 38.8 Å². The first kappa shape index (κ1) is 19.9. The summed E-state index contributed by atoms with van der Waals surface area (Å²) < 4.78 is 5.29. The molecule has 120 valence electrons. The first-order valence-corrected chi connectivity index (χ1v) is 7.61. The highest BCUT2D eigenvalue weighted by Crippen LogP contribution is 2.08. The normalized spacial score (nSPS) is 17.2. The van der Waals surface area contributed by atoms with E-state index in [-0.39, 0.29) is 24.0 Å². The molecule has 20 heavy (non-hydrogen) atoms. The van der Waals surface area contributed by atoms with Gasteiger partial charge in [-0.15, -0.1) is 24.0 Å². The van der Waals surface area contributed by atoms with E-state index < -0.39 is 0 Å². The summed E-state index contributed by atoms with van der Waals surface area (Å²) in [6, 6.07) is 0. The van der Waals surface area contributed by atoms with Gasteiger partial charge in [-0.2, -0.15) is 0 Å². The Balaban J connectivity index is 0.00000361. The van der Waals surface area contributed by atoms with Crippen LogP contribution in [-0.2, 0) is 4.74 Å². The lowest BCUT2D eigenvalue weighted by Gasteiger charge is -2.20. The predicted molar refractivity (Wildman–Crippen MR) is 96.2 cm³/mol. The lowest BCUT2D eigenvalue weighted by atomic mass is 10.2. The fourth-order valence-electron chi connectivity index (χ4n) is 2.30. The largest absolute Gasteiger partial charge is 0.380 e. The highest BCUT2D eigenvalue weighted by Gasteiger charge is 2.08. The molecule has 0 radical (unpaired) electrons. The van der Waals surface area contributed by atoms with E-state index in [0.717, 1.165) is 38.8 Å². The molecule has 0 aliphatic carbocycles. The molecular weight excluding hydrogens is 367 g/mol. The summed E-state index contributed by atoms with van der Waals surface area (Å²) in [7, 11) is 1.81. The summed E-state index contributed by atoms with van der Waals surface area (Å²) in [6.07, 6.45) is 5.48. The number of nitrogens with zero attached hydrogens (tertiary/aromatic N) is 2. The Morgan fingerprint density at radius 1 is 1.10 bits per heavy atom. The SMILES string of the molecule is CCOCCNC(=NC)NCCN1CCCCCC1.I. The van der Waals surface area contributed by atoms with Crippen LogP contribution in [0.15, 0.2) is 4.99 Å². The van der Waals surface area contributed by atoms with Crippen LogP contribution in [0.5, 0.6) is 0 Å². The van der Waals surface area contributed by atoms with Gasteiger partial charge in [0, 0.05) is 33.3 Å². The van der Waals surface area contributed by atoms with Crippen molar-refractivity contribution in [3.63, 3.8) is 0 Å². The van der Waals surface area contributed by atoms with Crippen molar-refractivity contribution < 1.29 is 4.74 Å². The molecule has 1 saturated heterocycles. The van der Waals surface area contributed by atoms with Crippen molar-refractivity contribution in [2.45, 2.75) is 32.6 Å². The molecule has 0 bridgehead atoms. The van der Waals surface area contributed by atoms with E-state index in [4.69, 9.17) is 4.74 Å². The van der Waals surface area contributed by atoms with Gasteiger partial charge in [-0.05, 0) is 32.9 Å². The van der Waals surface area contributed by atoms with Gasteiger partial charge in [-0.25, -0.2) is 0 Å². The lowest BCUT2D eigenvalue weighted by molar-refractivity contribution is 0.152. The van der Waals surface area contributed by atoms with Gasteiger partial charge in [-0.1, -0.05) is 12.8 Å². The molecule has 5 nitrogen and oxygen atoms in total. The Bertz CT molecular complexity index is 243. The van der Waals surface area contributed by atoms with Gasteiger partial charge < -0.3 is 20.3 Å². The number of hydrogen-bond donors (Lipinski definition) is 2. The third-order valence-corrected chi connectivity index (χ3v) is 3.39. The molecule has 1 aliphatic heterocycles. The van der Waals surface area contributed by atoms with Gasteiger partial charge in [0.2, 0.25) is 0 Å². The van der Waals surface area contributed by atoms with Crippen molar-refractivity contribution in [1.29, 1.82) is 0 Å². The van der Waals surface area contributed by atoms with Crippen LogP contribution in [0.1, 0.15) is 32.6 Å². The predicted octanol–water partition coefficient (Wildman–Crippen LogP) is 1.68. The Kier molecular flexibility index (Phi) is 13.8. The Morgan fingerprint density at radius 3 is 2.35 bits per heavy atom. The smallest absolute Gasteiger partial charge is 0.191 e. The quantitative estimate of drug-likeness (QED) is 0.297. The van der Waals surface area contributed by atoms with Crippen LogP contribution in [0, 0.1) is 0 Å². The van der Waals surface area contributed by atoms with Crippen molar-refractivity contribution in [3.05, 3.63) is 0 Å². The number of ether oxygens (including phenoxy) is 1. The number of hydrogen-bond acceptors (Lipinski definition) is 3. The van der Waals surface area contributed by atoms with Crippen molar-refractivity contribution in [2.75, 3.05) is 53.0 Å². The van der Waals surface area contributed by atoms with E-state index >= 15 is 0 Å². The molecule has 0 aromatic heterocycles. The Labute approximate surface area is 140 Å². The van der Waals surface area contributed by atoms with Gasteiger partial charge in [0.15, 0.2) is 5.96 Å². The molecular formula is C14H31IN4O. The zero-order valence-corrected chi connectivity index (χ0v) is 15.3. The van der Waals surface area contributed by atoms with E-state index in [9.17, 15) is 0 Å². The highest BCUT2D eigenvalue weighted by atomic mass is 127. The highest BCUT2D eigenvalue weighted by molar-refractivity contribution is 14.0. The summed E-state index contributed by atoms with van der Waals surface area (Å²) in [5.74, 6) is 0.870. The number of halogens is 1. The van der Waals surface area contributed by atoms with Crippen LogP contribution in [-0.4, -0.2) is 63.8 Å². The zero-order valence-electron chi connectivity index (χ0n) is 13.0. The average molecular weight is 398 g/mol. The summed E-state index contributed by atoms with van der Waals surface area (Å²) in [5.41, 5.74) is 0. The van der Waals surface area contributed by atoms with Crippen LogP contribution < -0.4 is 10.6 Å². The molecule has 6 heteroatoms. The Hall–Kier alpha value is -0.0800. The van der Waals surface area contributed by atoms with E-state index in [1.807, 2.05) is 14.0 Å². The summed E-state index contributed by atoms with van der Waals surface area (Å²) in [6.45, 7) is 8.86. The number of guanidine groups is 1. The number of rotatable bonds is 7. The molecule has 1 fully saturated rings. The van der Waals surface area contributed by atoms with Gasteiger partial charge in [0.1, 0.15) is 0 Å². The Morgan fingerprint density at radius 2 is 1.75 bits per heavy atom. The van der Waals surface area contributed by atoms with Gasteiger partial charge >= 0.3 is 0 Å². The van der Waals surface area contributed by atoms with Crippen LogP contribution >= 0.6 is 24.0 Å². The second kappa shape index (κ2) is 13.9. The molecule has 0 spiro atoms. The molecule has 0 saturated carbocycles. The second-order valence-electron chi connectivity index (χ2n) is 4.88. The second-order valence-corrected chi connectivity index (χ2v) is 4.88. The molecule has 0 atom stereocenters. The van der Waals surface area contributed by atoms with Crippen LogP contribution in [0.4, 0.5) is 0 Å². The minimum absolute atomic E-state index is 0. The van der Waals surface area contributed by atoms with Crippen LogP contribution in [0.3, 0.4) is 0 Å². The average Bonchev–Trinajstić information content (AvgIpc) is 2.70. The minimum atomic E-state index is 0. The summed E-state index contributed by atoms with van der Waals surface area (Å²) in [5, 5.41) is 6.61. The summed E-state index contributed by atoms with van der Waals surface area (Å²) >= 11 is 0. The molecule has 1 heterocycles. The lowest BCUT2D eigenvalue weighted by Crippen LogP contribution is -2.42. The maximum Gasteiger partial charge on any atom is 0.191 e. The third kappa shape index (κ3) is 9.77. The van der Waals surface area contributed by atoms with Crippen LogP contribution in [0.2, 0.25) is 0 Å². The van der Waals surface area contributed by atoms with Crippen molar-refractivity contribution in [3.8, 4) is 0 Å². The first-order valence-electron chi connectivity index (χ1n) is 7.61. The number of aliphatic imine (C=N–C) groups is 1. The van der Waals surface area contributed by atoms with Crippen molar-refractivity contribution >= 4 is 29.9 Å². The molecule has 0 aromatic carbocycles. The first-order chi connectivity index (χ1) is 9.36. The molecule has 0 aromatic rings. The molecule has 0 unspecified atom stereocenters. The molecule has 1 aliphatic rings. The van der Waals surface area contributed by atoms with Gasteiger partial charge in [-0.3, -0.25) is 4.99 Å². The third-order valence-electron chi connectivity index (χ3n) is 3.39. The summed E-state index contributed by atoms with van der Waals surface area (Å²) in [4.78, 5) is 6.76. The fourth-order valence-corrected chi connectivity index (χ4v) is 2.30. The van der Waals surface area contributed by atoms with Gasteiger partial charge in [0.05, 0.1) is 6.61 Å². The number of nitrogens with one attached hydrogen (secondary N) is 2. The zero-order chi connectivity index (χ0) is 13.8. The topological polar surface area (TPSA) is 48.9 Å². The van der Waals surface area contributed by atoms with Crippen molar-refractivity contribution in [1.82, 2.24) is 15.5 Å². The monoisotopic (exact) mass is 398 g/mol. The molecule has 1 rings (SSSR count). The standard InChI is InChI=1S/C14H30N4O.HI/c1-3-19-13-9-17-14(15-2)16-8-12-18-10-6-4-5-7-11-18;/h3-13H2,1-2H3,(H2,15,16,17);1H. The minimum Gasteiger partial charge on any atom is -0.380 e. The van der Waals surface area contributed by atoms with E-state index in [0.29, 0.717) is 0 Å². The van der Waals surface area contributed by atoms with Gasteiger partial charge in [0.25, 0.3) is 0 Å². The maximum absolute atomic E-state index is 5.29. The number of likely N-dealkylation sites (tertiary alicyclic amines) is 1. The maximum atomic E-state index is 5.29.